The molecule has 1 aliphatic heterocycles. The fourth-order valence-corrected chi connectivity index (χ4v) is 2.91. The smallest absolute Gasteiger partial charge is 0.233 e. The number of aryl methyl sites for hydroxylation is 2. The van der Waals surface area contributed by atoms with Crippen molar-refractivity contribution in [1.29, 1.82) is 0 Å². The predicted octanol–water partition coefficient (Wildman–Crippen LogP) is 2.05. The number of nitrogens with zero attached hydrogens (tertiary/aromatic N) is 5. The third-order valence-corrected chi connectivity index (χ3v) is 4.17. The van der Waals surface area contributed by atoms with E-state index < -0.39 is 0 Å². The van der Waals surface area contributed by atoms with Gasteiger partial charge in [-0.3, -0.25) is 9.58 Å². The van der Waals surface area contributed by atoms with Crippen molar-refractivity contribution in [3.63, 3.8) is 0 Å². The lowest BCUT2D eigenvalue weighted by Crippen LogP contribution is -2.35. The molecule has 1 aliphatic rings. The zero-order valence-corrected chi connectivity index (χ0v) is 12.3. The van der Waals surface area contributed by atoms with Gasteiger partial charge in [-0.2, -0.15) is 5.10 Å². The number of rotatable bonds is 3. The lowest BCUT2D eigenvalue weighted by molar-refractivity contribution is 0.142. The topological polar surface area (TPSA) is 60.0 Å². The highest BCUT2D eigenvalue weighted by atomic mass is 16.4. The minimum absolute atomic E-state index is 0.200. The van der Waals surface area contributed by atoms with Crippen LogP contribution >= 0.6 is 0 Å². The third-order valence-electron chi connectivity index (χ3n) is 4.17. The highest BCUT2D eigenvalue weighted by Gasteiger charge is 2.27. The Bertz CT molecular complexity index is 568. The van der Waals surface area contributed by atoms with Gasteiger partial charge in [0.15, 0.2) is 0 Å². The molecule has 0 N–H and O–H groups in total. The summed E-state index contributed by atoms with van der Waals surface area (Å²) in [6, 6.07) is 0.200. The van der Waals surface area contributed by atoms with Gasteiger partial charge in [0.25, 0.3) is 0 Å². The molecule has 0 aliphatic carbocycles. The van der Waals surface area contributed by atoms with Gasteiger partial charge in [-0.1, -0.05) is 0 Å². The van der Waals surface area contributed by atoms with Crippen LogP contribution in [-0.2, 0) is 7.05 Å². The summed E-state index contributed by atoms with van der Waals surface area (Å²) in [5.41, 5.74) is 1.36. The van der Waals surface area contributed by atoms with Crippen molar-refractivity contribution in [3.8, 4) is 0 Å². The lowest BCUT2D eigenvalue weighted by atomic mass is 9.91. The van der Waals surface area contributed by atoms with Gasteiger partial charge in [0.2, 0.25) is 11.8 Å². The normalized spacial score (nSPS) is 19.4. The van der Waals surface area contributed by atoms with Gasteiger partial charge in [0.1, 0.15) is 0 Å². The quantitative estimate of drug-likeness (QED) is 0.858. The molecule has 0 bridgehead atoms. The number of hydrogen-bond donors (Lipinski definition) is 0. The van der Waals surface area contributed by atoms with Crippen LogP contribution in [0.4, 0.5) is 0 Å². The van der Waals surface area contributed by atoms with E-state index in [2.05, 4.69) is 33.3 Å². The van der Waals surface area contributed by atoms with Crippen LogP contribution in [0.25, 0.3) is 0 Å². The fraction of sp³-hybridized carbons (Fsp3) is 0.643. The number of piperidine rings is 1. The van der Waals surface area contributed by atoms with E-state index in [1.807, 2.05) is 24.9 Å². The van der Waals surface area contributed by atoms with Gasteiger partial charge in [-0.05, 0) is 44.3 Å². The zero-order valence-electron chi connectivity index (χ0n) is 12.3. The van der Waals surface area contributed by atoms with Crippen LogP contribution in [0.5, 0.6) is 0 Å². The maximum absolute atomic E-state index is 5.54. The Labute approximate surface area is 118 Å². The second-order valence-corrected chi connectivity index (χ2v) is 5.59. The van der Waals surface area contributed by atoms with Crippen LogP contribution in [0, 0.1) is 6.92 Å². The Hall–Kier alpha value is -1.69. The molecular formula is C14H21N5O. The summed E-state index contributed by atoms with van der Waals surface area (Å²) in [7, 11) is 1.97. The minimum atomic E-state index is 0.200. The highest BCUT2D eigenvalue weighted by Crippen LogP contribution is 2.31. The molecule has 0 radical (unpaired) electrons. The molecule has 1 unspecified atom stereocenters. The molecule has 0 spiro atoms. The Kier molecular flexibility index (Phi) is 3.56. The number of hydrogen-bond acceptors (Lipinski definition) is 5. The zero-order chi connectivity index (χ0) is 14.1. The molecule has 0 aromatic carbocycles. The predicted molar refractivity (Wildman–Crippen MR) is 74.2 cm³/mol. The first-order valence-corrected chi connectivity index (χ1v) is 7.16. The van der Waals surface area contributed by atoms with Crippen LogP contribution in [0.15, 0.2) is 16.8 Å². The standard InChI is InChI=1S/C14H21N5O/c1-10(14-17-16-11(2)20-14)19-6-4-12(5-7-19)13-8-15-18(3)9-13/h8-10,12H,4-7H2,1-3H3. The second kappa shape index (κ2) is 5.36. The maximum Gasteiger partial charge on any atom is 0.233 e. The van der Waals surface area contributed by atoms with Crippen molar-refractivity contribution in [2.75, 3.05) is 13.1 Å². The molecule has 2 aromatic rings. The largest absolute Gasteiger partial charge is 0.424 e. The van der Waals surface area contributed by atoms with Crippen LogP contribution < -0.4 is 0 Å². The Morgan fingerprint density at radius 3 is 2.60 bits per heavy atom. The maximum atomic E-state index is 5.54. The monoisotopic (exact) mass is 275 g/mol. The molecule has 6 heteroatoms. The van der Waals surface area contributed by atoms with Crippen LogP contribution in [0.2, 0.25) is 0 Å². The van der Waals surface area contributed by atoms with Gasteiger partial charge in [-0.25, -0.2) is 0 Å². The van der Waals surface area contributed by atoms with Gasteiger partial charge in [0.05, 0.1) is 12.2 Å². The number of aromatic nitrogens is 4. The molecular weight excluding hydrogens is 254 g/mol. The van der Waals surface area contributed by atoms with Crippen molar-refractivity contribution in [2.45, 2.75) is 38.6 Å². The fourth-order valence-electron chi connectivity index (χ4n) is 2.91. The summed E-state index contributed by atoms with van der Waals surface area (Å²) >= 11 is 0. The van der Waals surface area contributed by atoms with E-state index >= 15 is 0 Å². The molecule has 0 saturated carbocycles. The highest BCUT2D eigenvalue weighted by molar-refractivity contribution is 5.12. The summed E-state index contributed by atoms with van der Waals surface area (Å²) in [5.74, 6) is 1.98. The molecule has 0 amide bonds. The minimum Gasteiger partial charge on any atom is -0.424 e. The van der Waals surface area contributed by atoms with Gasteiger partial charge < -0.3 is 4.42 Å². The van der Waals surface area contributed by atoms with Crippen LogP contribution in [0.1, 0.15) is 49.1 Å². The molecule has 3 heterocycles. The third kappa shape index (κ3) is 2.60. The summed E-state index contributed by atoms with van der Waals surface area (Å²) in [5, 5.41) is 12.3. The summed E-state index contributed by atoms with van der Waals surface area (Å²) in [4.78, 5) is 2.42. The van der Waals surface area contributed by atoms with Gasteiger partial charge in [0, 0.05) is 20.2 Å². The summed E-state index contributed by atoms with van der Waals surface area (Å²) in [6.07, 6.45) is 6.43. The molecule has 1 saturated heterocycles. The second-order valence-electron chi connectivity index (χ2n) is 5.59. The Morgan fingerprint density at radius 1 is 1.30 bits per heavy atom. The van der Waals surface area contributed by atoms with Crippen molar-refractivity contribution in [3.05, 3.63) is 29.7 Å². The molecule has 2 aromatic heterocycles. The summed E-state index contributed by atoms with van der Waals surface area (Å²) in [6.45, 7) is 6.08. The van der Waals surface area contributed by atoms with E-state index in [9.17, 15) is 0 Å². The average Bonchev–Trinajstić information content (AvgIpc) is 3.07. The van der Waals surface area contributed by atoms with E-state index in [1.54, 1.807) is 0 Å². The van der Waals surface area contributed by atoms with Crippen molar-refractivity contribution >= 4 is 0 Å². The molecule has 108 valence electrons. The van der Waals surface area contributed by atoms with Crippen molar-refractivity contribution in [1.82, 2.24) is 24.9 Å². The van der Waals surface area contributed by atoms with Crippen molar-refractivity contribution in [2.24, 2.45) is 7.05 Å². The first-order chi connectivity index (χ1) is 9.63. The summed E-state index contributed by atoms with van der Waals surface area (Å²) < 4.78 is 7.42. The van der Waals surface area contributed by atoms with Crippen LogP contribution in [-0.4, -0.2) is 38.0 Å². The van der Waals surface area contributed by atoms with E-state index in [0.717, 1.165) is 31.8 Å². The number of likely N-dealkylation sites (tertiary alicyclic amines) is 1. The SMILES string of the molecule is Cc1nnc(C(C)N2CCC(c3cnn(C)c3)CC2)o1. The molecule has 1 fully saturated rings. The average molecular weight is 275 g/mol. The molecule has 3 rings (SSSR count). The van der Waals surface area contributed by atoms with E-state index in [-0.39, 0.29) is 6.04 Å². The molecule has 20 heavy (non-hydrogen) atoms. The molecule has 1 atom stereocenters. The first kappa shape index (κ1) is 13.3. The van der Waals surface area contributed by atoms with Gasteiger partial charge >= 0.3 is 0 Å². The Balaban J connectivity index is 1.61. The lowest BCUT2D eigenvalue weighted by Gasteiger charge is -2.34. The Morgan fingerprint density at radius 2 is 2.05 bits per heavy atom. The molecule has 6 nitrogen and oxygen atoms in total. The van der Waals surface area contributed by atoms with Crippen LogP contribution in [0.3, 0.4) is 0 Å². The van der Waals surface area contributed by atoms with E-state index in [1.165, 1.54) is 5.56 Å². The first-order valence-electron chi connectivity index (χ1n) is 7.16. The van der Waals surface area contributed by atoms with E-state index in [0.29, 0.717) is 11.8 Å². The van der Waals surface area contributed by atoms with Gasteiger partial charge in [-0.15, -0.1) is 10.2 Å². The van der Waals surface area contributed by atoms with E-state index in [4.69, 9.17) is 4.42 Å². The van der Waals surface area contributed by atoms with Crippen molar-refractivity contribution < 1.29 is 4.42 Å².